The Kier molecular flexibility index (Phi) is 5.91. The molecule has 0 unspecified atom stereocenters. The zero-order valence-electron chi connectivity index (χ0n) is 13.5. The molecule has 2 aromatic rings. The molecule has 0 radical (unpaired) electrons. The van der Waals surface area contributed by atoms with Crippen molar-refractivity contribution in [3.05, 3.63) is 65.2 Å². The second-order valence-electron chi connectivity index (χ2n) is 5.21. The number of amides is 1. The minimum Gasteiger partial charge on any atom is -0.481 e. The molecule has 6 nitrogen and oxygen atoms in total. The van der Waals surface area contributed by atoms with E-state index in [9.17, 15) is 14.9 Å². The topological polar surface area (TPSA) is 99.4 Å². The summed E-state index contributed by atoms with van der Waals surface area (Å²) in [5.74, 6) is -1.39. The van der Waals surface area contributed by atoms with E-state index in [1.54, 1.807) is 36.4 Å². The number of nitriles is 1. The summed E-state index contributed by atoms with van der Waals surface area (Å²) in [5.41, 5.74) is 1.96. The molecule has 6 heteroatoms. The van der Waals surface area contributed by atoms with E-state index in [-0.39, 0.29) is 11.3 Å². The predicted molar refractivity (Wildman–Crippen MR) is 93.0 cm³/mol. The number of nitrogens with one attached hydrogen (secondary N) is 1. The van der Waals surface area contributed by atoms with E-state index in [0.717, 1.165) is 5.56 Å². The van der Waals surface area contributed by atoms with Crippen molar-refractivity contribution in [1.29, 1.82) is 5.26 Å². The average molecular weight is 336 g/mol. The molecule has 0 saturated heterocycles. The van der Waals surface area contributed by atoms with Gasteiger partial charge in [-0.05, 0) is 31.2 Å². The lowest BCUT2D eigenvalue weighted by Gasteiger charge is -2.08. The smallest absolute Gasteiger partial charge is 0.341 e. The van der Waals surface area contributed by atoms with E-state index in [1.165, 1.54) is 6.08 Å². The number of aryl methyl sites for hydroxylation is 1. The van der Waals surface area contributed by atoms with Crippen LogP contribution < -0.4 is 10.1 Å². The first-order chi connectivity index (χ1) is 12.0. The highest BCUT2D eigenvalue weighted by Crippen LogP contribution is 2.21. The van der Waals surface area contributed by atoms with Crippen molar-refractivity contribution in [3.63, 3.8) is 0 Å². The lowest BCUT2D eigenvalue weighted by molar-refractivity contribution is -0.139. The van der Waals surface area contributed by atoms with Crippen LogP contribution >= 0.6 is 0 Å². The van der Waals surface area contributed by atoms with Crippen LogP contribution in [-0.4, -0.2) is 23.6 Å². The Morgan fingerprint density at radius 3 is 2.52 bits per heavy atom. The van der Waals surface area contributed by atoms with Crippen LogP contribution in [0, 0.1) is 18.3 Å². The molecule has 0 saturated carbocycles. The molecule has 0 aliphatic heterocycles. The number of aliphatic carboxylic acids is 1. The van der Waals surface area contributed by atoms with Gasteiger partial charge in [0.25, 0.3) is 5.91 Å². The van der Waals surface area contributed by atoms with Crippen molar-refractivity contribution in [2.75, 3.05) is 11.9 Å². The summed E-state index contributed by atoms with van der Waals surface area (Å²) in [6, 6.07) is 15.6. The fraction of sp³-hybridized carbons (Fsp3) is 0.105. The van der Waals surface area contributed by atoms with Gasteiger partial charge in [-0.2, -0.15) is 5.26 Å². The van der Waals surface area contributed by atoms with Gasteiger partial charge in [0.05, 0.1) is 0 Å². The molecular formula is C19H16N2O4. The van der Waals surface area contributed by atoms with Gasteiger partial charge in [-0.25, -0.2) is 4.79 Å². The second kappa shape index (κ2) is 8.31. The molecule has 0 aliphatic carbocycles. The minimum absolute atomic E-state index is 0.119. The summed E-state index contributed by atoms with van der Waals surface area (Å²) in [4.78, 5) is 22.9. The second-order valence-corrected chi connectivity index (χ2v) is 5.21. The number of anilines is 1. The number of para-hydroxylation sites is 1. The highest BCUT2D eigenvalue weighted by Gasteiger charge is 2.11. The Bertz CT molecular complexity index is 848. The molecule has 25 heavy (non-hydrogen) atoms. The van der Waals surface area contributed by atoms with Crippen LogP contribution in [0.4, 0.5) is 5.69 Å². The molecule has 0 spiro atoms. The van der Waals surface area contributed by atoms with Gasteiger partial charge < -0.3 is 15.2 Å². The van der Waals surface area contributed by atoms with E-state index in [1.807, 2.05) is 25.1 Å². The molecule has 126 valence electrons. The number of rotatable bonds is 6. The van der Waals surface area contributed by atoms with Crippen LogP contribution in [0.25, 0.3) is 6.08 Å². The third-order valence-electron chi connectivity index (χ3n) is 3.24. The number of hydrogen-bond acceptors (Lipinski definition) is 4. The van der Waals surface area contributed by atoms with Crippen LogP contribution in [0.15, 0.2) is 54.1 Å². The molecule has 1 amide bonds. The SMILES string of the molecule is Cc1ccc(NC(=O)/C(C#N)=C\c2ccccc2OCC(=O)O)cc1. The summed E-state index contributed by atoms with van der Waals surface area (Å²) >= 11 is 0. The fourth-order valence-corrected chi connectivity index (χ4v) is 2.01. The molecule has 0 bridgehead atoms. The molecule has 2 N–H and O–H groups in total. The predicted octanol–water partition coefficient (Wildman–Crippen LogP) is 3.00. The summed E-state index contributed by atoms with van der Waals surface area (Å²) in [6.07, 6.45) is 1.36. The number of benzene rings is 2. The van der Waals surface area contributed by atoms with Gasteiger partial charge >= 0.3 is 5.97 Å². The van der Waals surface area contributed by atoms with Gasteiger partial charge in [0.15, 0.2) is 6.61 Å². The largest absolute Gasteiger partial charge is 0.481 e. The quantitative estimate of drug-likeness (QED) is 0.624. The molecule has 2 rings (SSSR count). The zero-order valence-corrected chi connectivity index (χ0v) is 13.5. The van der Waals surface area contributed by atoms with E-state index >= 15 is 0 Å². The van der Waals surface area contributed by atoms with E-state index in [0.29, 0.717) is 11.3 Å². The lowest BCUT2D eigenvalue weighted by atomic mass is 10.1. The van der Waals surface area contributed by atoms with Crippen molar-refractivity contribution in [2.45, 2.75) is 6.92 Å². The monoisotopic (exact) mass is 336 g/mol. The van der Waals surface area contributed by atoms with Gasteiger partial charge in [-0.3, -0.25) is 4.79 Å². The first kappa shape index (κ1) is 17.8. The maximum Gasteiger partial charge on any atom is 0.341 e. The maximum absolute atomic E-state index is 12.3. The van der Waals surface area contributed by atoms with Gasteiger partial charge in [0.1, 0.15) is 17.4 Å². The Hall–Kier alpha value is -3.59. The Morgan fingerprint density at radius 2 is 1.88 bits per heavy atom. The number of carbonyl (C=O) groups excluding carboxylic acids is 1. The summed E-state index contributed by atoms with van der Waals surface area (Å²) < 4.78 is 5.17. The lowest BCUT2D eigenvalue weighted by Crippen LogP contribution is -2.13. The molecular weight excluding hydrogens is 320 g/mol. The van der Waals surface area contributed by atoms with Crippen molar-refractivity contribution in [2.24, 2.45) is 0 Å². The number of carboxylic acid groups (broad SMARTS) is 1. The zero-order chi connectivity index (χ0) is 18.2. The Balaban J connectivity index is 2.22. The molecule has 0 atom stereocenters. The van der Waals surface area contributed by atoms with Crippen molar-refractivity contribution < 1.29 is 19.4 Å². The summed E-state index contributed by atoms with van der Waals surface area (Å²) in [7, 11) is 0. The number of carbonyl (C=O) groups is 2. The van der Waals surface area contributed by atoms with Crippen molar-refractivity contribution in [1.82, 2.24) is 0 Å². The highest BCUT2D eigenvalue weighted by atomic mass is 16.5. The summed E-state index contributed by atoms with van der Waals surface area (Å²) in [5, 5.41) is 20.6. The third-order valence-corrected chi connectivity index (χ3v) is 3.24. The molecule has 0 aliphatic rings. The molecule has 0 fully saturated rings. The normalized spacial score (nSPS) is 10.6. The van der Waals surface area contributed by atoms with E-state index in [2.05, 4.69) is 5.32 Å². The maximum atomic E-state index is 12.3. The van der Waals surface area contributed by atoms with Crippen LogP contribution in [0.3, 0.4) is 0 Å². The van der Waals surface area contributed by atoms with Crippen LogP contribution in [0.5, 0.6) is 5.75 Å². The van der Waals surface area contributed by atoms with Gasteiger partial charge in [0, 0.05) is 11.3 Å². The first-order valence-corrected chi connectivity index (χ1v) is 7.43. The summed E-state index contributed by atoms with van der Waals surface area (Å²) in [6.45, 7) is 1.42. The van der Waals surface area contributed by atoms with Crippen molar-refractivity contribution in [3.8, 4) is 11.8 Å². The van der Waals surface area contributed by atoms with Gasteiger partial charge in [-0.1, -0.05) is 35.9 Å². The first-order valence-electron chi connectivity index (χ1n) is 7.43. The Labute approximate surface area is 145 Å². The van der Waals surface area contributed by atoms with E-state index in [4.69, 9.17) is 9.84 Å². The molecule has 0 heterocycles. The number of ether oxygens (including phenoxy) is 1. The fourth-order valence-electron chi connectivity index (χ4n) is 2.01. The number of nitrogens with zero attached hydrogens (tertiary/aromatic N) is 1. The van der Waals surface area contributed by atoms with E-state index < -0.39 is 18.5 Å². The molecule has 0 aromatic heterocycles. The van der Waals surface area contributed by atoms with Crippen molar-refractivity contribution >= 4 is 23.6 Å². The van der Waals surface area contributed by atoms with Crippen LogP contribution in [0.2, 0.25) is 0 Å². The van der Waals surface area contributed by atoms with Crippen LogP contribution in [-0.2, 0) is 9.59 Å². The minimum atomic E-state index is -1.11. The van der Waals surface area contributed by atoms with Crippen LogP contribution in [0.1, 0.15) is 11.1 Å². The molecule has 2 aromatic carbocycles. The highest BCUT2D eigenvalue weighted by molar-refractivity contribution is 6.09. The standard InChI is InChI=1S/C19H16N2O4/c1-13-6-8-16(9-7-13)21-19(24)15(11-20)10-14-4-2-3-5-17(14)25-12-18(22)23/h2-10H,12H2,1H3,(H,21,24)(H,22,23)/b15-10-. The van der Waals surface area contributed by atoms with Gasteiger partial charge in [-0.15, -0.1) is 0 Å². The van der Waals surface area contributed by atoms with Gasteiger partial charge in [0.2, 0.25) is 0 Å². The number of carboxylic acids is 1. The Morgan fingerprint density at radius 1 is 1.20 bits per heavy atom. The average Bonchev–Trinajstić information content (AvgIpc) is 2.60. The third kappa shape index (κ3) is 5.22. The number of hydrogen-bond donors (Lipinski definition) is 2.